The molecule has 82 valence electrons. The maximum atomic E-state index is 11.0. The smallest absolute Gasteiger partial charge is 0.328 e. The van der Waals surface area contributed by atoms with Gasteiger partial charge in [0.15, 0.2) is 6.04 Å². The Morgan fingerprint density at radius 1 is 1.79 bits per heavy atom. The number of nitrogens with zero attached hydrogens (tertiary/aromatic N) is 1. The van der Waals surface area contributed by atoms with Crippen molar-refractivity contribution in [2.24, 2.45) is 5.73 Å². The second-order valence-electron chi connectivity index (χ2n) is 2.20. The van der Waals surface area contributed by atoms with Crippen molar-refractivity contribution in [2.45, 2.75) is 6.04 Å². The molecule has 0 aliphatic carbocycles. The van der Waals surface area contributed by atoms with E-state index in [1.807, 2.05) is 0 Å². The molecule has 2 atom stereocenters. The van der Waals surface area contributed by atoms with Crippen LogP contribution in [0.4, 0.5) is 0 Å². The molecule has 0 aromatic heterocycles. The first-order chi connectivity index (χ1) is 6.21. The monoisotopic (exact) mass is 259 g/mol. The molecule has 0 saturated heterocycles. The lowest BCUT2D eigenvalue weighted by Crippen LogP contribution is -2.51. The van der Waals surface area contributed by atoms with Gasteiger partial charge in [-0.15, -0.1) is 0 Å². The molecule has 0 aromatic rings. The molecule has 0 aliphatic rings. The summed E-state index contributed by atoms with van der Waals surface area (Å²) in [7, 11) is -4.03. The number of nitrogens with one attached hydrogen (secondary N) is 1. The third-order valence-corrected chi connectivity index (χ3v) is 3.00. The number of hydrogen-bond donors (Lipinski definition) is 5. The predicted octanol–water partition coefficient (Wildman–Crippen LogP) is -1.30. The average Bonchev–Trinajstić information content (AvgIpc) is 1.95. The van der Waals surface area contributed by atoms with Crippen molar-refractivity contribution >= 4 is 44.7 Å². The molecule has 0 aromatic carbocycles. The molecule has 0 amide bonds. The zero-order chi connectivity index (χ0) is 11.5. The molecule has 0 heterocycles. The Morgan fingerprint density at radius 2 is 2.21 bits per heavy atom. The van der Waals surface area contributed by atoms with Crippen molar-refractivity contribution in [1.29, 1.82) is 5.41 Å². The van der Waals surface area contributed by atoms with E-state index in [0.29, 0.717) is 0 Å². The lowest BCUT2D eigenvalue weighted by atomic mass is 10.3. The topological polar surface area (TPSA) is 128 Å². The summed E-state index contributed by atoms with van der Waals surface area (Å²) in [4.78, 5) is 10.6. The number of aliphatic carboxylic acids is 1. The van der Waals surface area contributed by atoms with E-state index < -0.39 is 26.9 Å². The fraction of sp³-hybridized carbons (Fsp3) is 0.500. The van der Waals surface area contributed by atoms with E-state index in [4.69, 9.17) is 20.8 Å². The highest BCUT2D eigenvalue weighted by Crippen LogP contribution is 2.07. The minimum absolute atomic E-state index is 0.234. The second kappa shape index (κ2) is 4.77. The van der Waals surface area contributed by atoms with Crippen LogP contribution in [-0.4, -0.2) is 41.9 Å². The zero-order valence-electron chi connectivity index (χ0n) is 6.78. The van der Waals surface area contributed by atoms with Gasteiger partial charge in [-0.25, -0.2) is 13.3 Å². The molecule has 0 radical (unpaired) electrons. The lowest BCUT2D eigenvalue weighted by molar-refractivity contribution is -0.139. The number of carboxylic acid groups (broad SMARTS) is 1. The van der Waals surface area contributed by atoms with Crippen LogP contribution in [-0.2, 0) is 24.9 Å². The maximum absolute atomic E-state index is 11.0. The average molecular weight is 259 g/mol. The minimum Gasteiger partial charge on any atom is -0.480 e. The predicted molar refractivity (Wildman–Crippen MR) is 57.2 cm³/mol. The molecule has 0 aliphatic heterocycles. The number of rotatable bonds is 4. The maximum Gasteiger partial charge on any atom is 0.328 e. The van der Waals surface area contributed by atoms with Crippen LogP contribution < -0.4 is 5.73 Å². The van der Waals surface area contributed by atoms with Crippen LogP contribution in [0.5, 0.6) is 0 Å². The Labute approximate surface area is 90.8 Å². The molecule has 0 saturated carbocycles. The molecule has 14 heavy (non-hydrogen) atoms. The van der Waals surface area contributed by atoms with Gasteiger partial charge < -0.3 is 10.8 Å². The largest absolute Gasteiger partial charge is 0.480 e. The second-order valence-corrected chi connectivity index (χ2v) is 5.15. The van der Waals surface area contributed by atoms with Crippen LogP contribution >= 0.6 is 12.6 Å². The van der Waals surface area contributed by atoms with Gasteiger partial charge in [0.05, 0.1) is 0 Å². The molecular weight excluding hydrogens is 250 g/mol. The highest BCUT2D eigenvalue weighted by atomic mass is 32.8. The number of guanidine groups is 1. The van der Waals surface area contributed by atoms with Crippen molar-refractivity contribution in [3.8, 4) is 0 Å². The van der Waals surface area contributed by atoms with Gasteiger partial charge in [-0.3, -0.25) is 9.96 Å². The molecule has 0 bridgehead atoms. The fourth-order valence-electron chi connectivity index (χ4n) is 0.706. The number of carbonyl (C=O) groups is 1. The Balaban J connectivity index is 5.21. The van der Waals surface area contributed by atoms with Gasteiger partial charge in [0.1, 0.15) is 0 Å². The molecule has 0 rings (SSSR count). The molecule has 7 nitrogen and oxygen atoms in total. The Hall–Kier alpha value is -0.580. The van der Waals surface area contributed by atoms with Gasteiger partial charge in [0.2, 0.25) is 14.9 Å². The van der Waals surface area contributed by atoms with Crippen LogP contribution in [0.1, 0.15) is 0 Å². The van der Waals surface area contributed by atoms with Crippen LogP contribution in [0.15, 0.2) is 0 Å². The van der Waals surface area contributed by atoms with E-state index in [9.17, 15) is 9.00 Å². The zero-order valence-corrected chi connectivity index (χ0v) is 9.31. The quantitative estimate of drug-likeness (QED) is 0.242. The number of nitrogens with two attached hydrogens (primary N) is 1. The fourth-order valence-corrected chi connectivity index (χ4v) is 2.42. The third-order valence-electron chi connectivity index (χ3n) is 1.23. The van der Waals surface area contributed by atoms with E-state index in [2.05, 4.69) is 23.8 Å². The normalized spacial score (nSPS) is 16.7. The Bertz CT molecular complexity index is 340. The first-order valence-electron chi connectivity index (χ1n) is 3.16. The van der Waals surface area contributed by atoms with Crippen molar-refractivity contribution in [3.05, 3.63) is 0 Å². The molecule has 0 spiro atoms. The van der Waals surface area contributed by atoms with E-state index in [0.717, 1.165) is 0 Å². The highest BCUT2D eigenvalue weighted by molar-refractivity contribution is 8.28. The van der Waals surface area contributed by atoms with E-state index >= 15 is 0 Å². The first-order valence-corrected chi connectivity index (χ1v) is 6.19. The van der Waals surface area contributed by atoms with Crippen molar-refractivity contribution in [2.75, 3.05) is 5.75 Å². The summed E-state index contributed by atoms with van der Waals surface area (Å²) in [5, 5.41) is 15.6. The Kier molecular flexibility index (Phi) is 4.58. The standard InChI is InChI=1S/C4H9N3O4S3/c5-4(6)7(14(10,11)13)2(1-12)3(8)9/h2,12H,1H2,(H3,5,6)(H,8,9)(H,10,11,13)/t2-/m0/s1. The lowest BCUT2D eigenvalue weighted by Gasteiger charge is -2.25. The summed E-state index contributed by atoms with van der Waals surface area (Å²) >= 11 is 7.80. The third kappa shape index (κ3) is 3.29. The van der Waals surface area contributed by atoms with Gasteiger partial charge in [-0.05, 0) is 0 Å². The van der Waals surface area contributed by atoms with Gasteiger partial charge in [0.25, 0.3) is 0 Å². The van der Waals surface area contributed by atoms with Crippen LogP contribution in [0.2, 0.25) is 0 Å². The van der Waals surface area contributed by atoms with Gasteiger partial charge in [-0.2, -0.15) is 12.6 Å². The number of thiol groups is 1. The number of carboxylic acids is 1. The van der Waals surface area contributed by atoms with Gasteiger partial charge >= 0.3 is 5.97 Å². The highest BCUT2D eigenvalue weighted by Gasteiger charge is 2.31. The van der Waals surface area contributed by atoms with Gasteiger partial charge in [0, 0.05) is 16.9 Å². The minimum atomic E-state index is -4.03. The van der Waals surface area contributed by atoms with Crippen LogP contribution in [0.3, 0.4) is 0 Å². The van der Waals surface area contributed by atoms with Crippen LogP contribution in [0, 0.1) is 5.41 Å². The van der Waals surface area contributed by atoms with E-state index in [1.165, 1.54) is 0 Å². The summed E-state index contributed by atoms with van der Waals surface area (Å²) in [6.45, 7) is 0. The molecule has 0 fully saturated rings. The summed E-state index contributed by atoms with van der Waals surface area (Å²) in [6, 6.07) is -1.49. The number of hydrogen-bond acceptors (Lipinski definition) is 5. The summed E-state index contributed by atoms with van der Waals surface area (Å²) in [5.74, 6) is -2.60. The van der Waals surface area contributed by atoms with Gasteiger partial charge in [-0.1, -0.05) is 0 Å². The molecular formula is C4H9N3O4S3. The summed E-state index contributed by atoms with van der Waals surface area (Å²) in [5.41, 5.74) is 4.94. The van der Waals surface area contributed by atoms with E-state index in [1.54, 1.807) is 0 Å². The van der Waals surface area contributed by atoms with Crippen molar-refractivity contribution in [3.63, 3.8) is 0 Å². The Morgan fingerprint density at radius 3 is 2.29 bits per heavy atom. The van der Waals surface area contributed by atoms with Crippen LogP contribution in [0.25, 0.3) is 0 Å². The molecule has 10 heteroatoms. The van der Waals surface area contributed by atoms with Crippen molar-refractivity contribution < 1.29 is 18.7 Å². The molecule has 5 N–H and O–H groups in total. The summed E-state index contributed by atoms with van der Waals surface area (Å²) < 4.78 is 20.2. The van der Waals surface area contributed by atoms with E-state index in [-0.39, 0.29) is 10.1 Å². The van der Waals surface area contributed by atoms with Crippen molar-refractivity contribution in [1.82, 2.24) is 4.31 Å². The first kappa shape index (κ1) is 13.4. The molecule has 1 unspecified atom stereocenters. The summed E-state index contributed by atoms with van der Waals surface area (Å²) in [6.07, 6.45) is 0. The SMILES string of the molecule is N=C(N)N([C@@H](CS)C(=O)O)S(=O)(O)=S.